The number of carbonyl (C=O) groups is 1. The third-order valence-corrected chi connectivity index (χ3v) is 4.15. The average molecular weight is 342 g/mol. The third-order valence-electron chi connectivity index (χ3n) is 4.15. The Morgan fingerprint density at radius 2 is 2.00 bits per heavy atom. The van der Waals surface area contributed by atoms with Crippen molar-refractivity contribution in [1.29, 1.82) is 0 Å². The van der Waals surface area contributed by atoms with E-state index in [0.29, 0.717) is 11.7 Å². The molecule has 2 heterocycles. The molecule has 0 unspecified atom stereocenters. The Kier molecular flexibility index (Phi) is 4.37. The summed E-state index contributed by atoms with van der Waals surface area (Å²) in [5, 5.41) is 4.78. The largest absolute Gasteiger partial charge is 0.464 e. The molecule has 0 radical (unpaired) electrons. The Balaban J connectivity index is 1.65. The molecule has 0 aliphatic heterocycles. The smallest absolute Gasteiger partial charge is 0.310 e. The molecule has 0 saturated carbocycles. The molecular weight excluding hydrogens is 320 g/mol. The van der Waals surface area contributed by atoms with Gasteiger partial charge in [-0.25, -0.2) is 0 Å². The minimum absolute atomic E-state index is 0.00761. The van der Waals surface area contributed by atoms with Gasteiger partial charge >= 0.3 is 5.97 Å². The van der Waals surface area contributed by atoms with Crippen LogP contribution in [0.3, 0.4) is 0 Å². The van der Waals surface area contributed by atoms with Gasteiger partial charge in [0.25, 0.3) is 0 Å². The SMILES string of the molecule is Cc1ccc2c(CC(=O)OCc3noc(C(C)(C)C)n3)coc2c1C. The maximum Gasteiger partial charge on any atom is 0.310 e. The van der Waals surface area contributed by atoms with E-state index in [9.17, 15) is 4.79 Å². The molecule has 6 heteroatoms. The summed E-state index contributed by atoms with van der Waals surface area (Å²) in [6.45, 7) is 9.96. The number of aryl methyl sites for hydroxylation is 2. The number of fused-ring (bicyclic) bond motifs is 1. The number of hydrogen-bond acceptors (Lipinski definition) is 6. The van der Waals surface area contributed by atoms with E-state index >= 15 is 0 Å². The molecule has 0 saturated heterocycles. The first kappa shape index (κ1) is 17.2. The summed E-state index contributed by atoms with van der Waals surface area (Å²) >= 11 is 0. The van der Waals surface area contributed by atoms with Gasteiger partial charge < -0.3 is 13.7 Å². The summed E-state index contributed by atoms with van der Waals surface area (Å²) in [7, 11) is 0. The normalized spacial score (nSPS) is 11.9. The van der Waals surface area contributed by atoms with Gasteiger partial charge in [0, 0.05) is 16.4 Å². The molecule has 0 atom stereocenters. The molecule has 0 amide bonds. The van der Waals surface area contributed by atoms with E-state index in [-0.39, 0.29) is 24.4 Å². The molecule has 0 N–H and O–H groups in total. The summed E-state index contributed by atoms with van der Waals surface area (Å²) in [6, 6.07) is 3.99. The topological polar surface area (TPSA) is 78.4 Å². The average Bonchev–Trinajstić information content (AvgIpc) is 3.16. The van der Waals surface area contributed by atoms with E-state index < -0.39 is 0 Å². The first-order chi connectivity index (χ1) is 11.8. The summed E-state index contributed by atoms with van der Waals surface area (Å²) in [5.41, 5.74) is 3.63. The zero-order valence-corrected chi connectivity index (χ0v) is 15.2. The predicted molar refractivity (Wildman–Crippen MR) is 92.2 cm³/mol. The van der Waals surface area contributed by atoms with Crippen molar-refractivity contribution >= 4 is 16.9 Å². The zero-order chi connectivity index (χ0) is 18.2. The number of benzene rings is 1. The summed E-state index contributed by atoms with van der Waals surface area (Å²) in [5.74, 6) is 0.523. The van der Waals surface area contributed by atoms with E-state index in [0.717, 1.165) is 27.7 Å². The number of carbonyl (C=O) groups excluding carboxylic acids is 1. The molecule has 3 aromatic rings. The quantitative estimate of drug-likeness (QED) is 0.667. The van der Waals surface area contributed by atoms with Gasteiger partial charge in [-0.05, 0) is 25.0 Å². The number of nitrogens with zero attached hydrogens (tertiary/aromatic N) is 2. The van der Waals surface area contributed by atoms with Crippen LogP contribution < -0.4 is 0 Å². The minimum Gasteiger partial charge on any atom is -0.464 e. The maximum absolute atomic E-state index is 12.1. The van der Waals surface area contributed by atoms with Gasteiger partial charge in [0.05, 0.1) is 12.7 Å². The van der Waals surface area contributed by atoms with Crippen molar-refractivity contribution in [2.75, 3.05) is 0 Å². The van der Waals surface area contributed by atoms with Gasteiger partial charge in [-0.15, -0.1) is 0 Å². The summed E-state index contributed by atoms with van der Waals surface area (Å²) < 4.78 is 16.1. The molecule has 6 nitrogen and oxygen atoms in total. The number of rotatable bonds is 4. The number of hydrogen-bond donors (Lipinski definition) is 0. The van der Waals surface area contributed by atoms with Gasteiger partial charge in [0.2, 0.25) is 11.7 Å². The van der Waals surface area contributed by atoms with E-state index in [4.69, 9.17) is 13.7 Å². The van der Waals surface area contributed by atoms with E-state index in [1.165, 1.54) is 0 Å². The third kappa shape index (κ3) is 3.57. The maximum atomic E-state index is 12.1. The Bertz CT molecular complexity index is 915. The highest BCUT2D eigenvalue weighted by Gasteiger charge is 2.22. The van der Waals surface area contributed by atoms with Crippen LogP contribution in [0.2, 0.25) is 0 Å². The number of aromatic nitrogens is 2. The van der Waals surface area contributed by atoms with Crippen LogP contribution in [0, 0.1) is 13.8 Å². The Morgan fingerprint density at radius 1 is 1.24 bits per heavy atom. The number of esters is 1. The van der Waals surface area contributed by atoms with Crippen LogP contribution in [0.15, 0.2) is 27.3 Å². The highest BCUT2D eigenvalue weighted by Crippen LogP contribution is 2.27. The predicted octanol–water partition coefficient (Wildman–Crippen LogP) is 4.02. The van der Waals surface area contributed by atoms with Crippen LogP contribution in [0.5, 0.6) is 0 Å². The molecule has 1 aromatic carbocycles. The second-order valence-corrected chi connectivity index (χ2v) is 7.25. The van der Waals surface area contributed by atoms with Gasteiger partial charge in [0.1, 0.15) is 5.58 Å². The van der Waals surface area contributed by atoms with Gasteiger partial charge in [-0.1, -0.05) is 38.1 Å². The Hall–Kier alpha value is -2.63. The van der Waals surface area contributed by atoms with Crippen molar-refractivity contribution < 1.29 is 18.5 Å². The van der Waals surface area contributed by atoms with Crippen molar-refractivity contribution in [3.05, 3.63) is 46.8 Å². The fraction of sp³-hybridized carbons (Fsp3) is 0.421. The van der Waals surface area contributed by atoms with Crippen molar-refractivity contribution in [3.63, 3.8) is 0 Å². The van der Waals surface area contributed by atoms with Gasteiger partial charge in [-0.2, -0.15) is 4.98 Å². The highest BCUT2D eigenvalue weighted by atomic mass is 16.5. The fourth-order valence-electron chi connectivity index (χ4n) is 2.49. The van der Waals surface area contributed by atoms with Crippen LogP contribution in [0.25, 0.3) is 11.0 Å². The molecule has 3 rings (SSSR count). The fourth-order valence-corrected chi connectivity index (χ4v) is 2.49. The molecule has 25 heavy (non-hydrogen) atoms. The highest BCUT2D eigenvalue weighted by molar-refractivity contribution is 5.88. The first-order valence-corrected chi connectivity index (χ1v) is 8.20. The van der Waals surface area contributed by atoms with Gasteiger partial charge in [-0.3, -0.25) is 4.79 Å². The second-order valence-electron chi connectivity index (χ2n) is 7.25. The lowest BCUT2D eigenvalue weighted by atomic mass is 9.97. The summed E-state index contributed by atoms with van der Waals surface area (Å²) in [6.07, 6.45) is 1.75. The van der Waals surface area contributed by atoms with Crippen molar-refractivity contribution in [3.8, 4) is 0 Å². The minimum atomic E-state index is -0.358. The monoisotopic (exact) mass is 342 g/mol. The first-order valence-electron chi connectivity index (χ1n) is 8.20. The Labute approximate surface area is 146 Å². The van der Waals surface area contributed by atoms with Crippen molar-refractivity contribution in [2.45, 2.75) is 53.1 Å². The van der Waals surface area contributed by atoms with E-state index in [2.05, 4.69) is 10.1 Å². The Morgan fingerprint density at radius 3 is 2.68 bits per heavy atom. The summed E-state index contributed by atoms with van der Waals surface area (Å²) in [4.78, 5) is 16.4. The lowest BCUT2D eigenvalue weighted by molar-refractivity contribution is -0.144. The zero-order valence-electron chi connectivity index (χ0n) is 15.2. The van der Waals surface area contributed by atoms with Crippen LogP contribution >= 0.6 is 0 Å². The van der Waals surface area contributed by atoms with Crippen LogP contribution in [0.1, 0.15) is 49.2 Å². The van der Waals surface area contributed by atoms with Crippen LogP contribution in [-0.2, 0) is 28.0 Å². The number of furan rings is 1. The molecule has 0 aliphatic rings. The molecule has 2 aromatic heterocycles. The van der Waals surface area contributed by atoms with E-state index in [1.54, 1.807) is 6.26 Å². The van der Waals surface area contributed by atoms with Crippen molar-refractivity contribution in [1.82, 2.24) is 10.1 Å². The molecule has 0 aliphatic carbocycles. The van der Waals surface area contributed by atoms with Crippen molar-refractivity contribution in [2.24, 2.45) is 0 Å². The standard InChI is InChI=1S/C19H22N2O4/c1-11-6-7-14-13(9-24-17(14)12(11)2)8-16(22)23-10-15-20-18(25-21-15)19(3,4)5/h6-7,9H,8,10H2,1-5H3. The molecule has 132 valence electrons. The van der Waals surface area contributed by atoms with E-state index in [1.807, 2.05) is 46.8 Å². The second kappa shape index (κ2) is 6.35. The van der Waals surface area contributed by atoms with Gasteiger partial charge in [0.15, 0.2) is 6.61 Å². The van der Waals surface area contributed by atoms with Crippen LogP contribution in [-0.4, -0.2) is 16.1 Å². The molecule has 0 fully saturated rings. The lowest BCUT2D eigenvalue weighted by Crippen LogP contribution is -2.12. The number of ether oxygens (including phenoxy) is 1. The van der Waals surface area contributed by atoms with Crippen LogP contribution in [0.4, 0.5) is 0 Å². The molecule has 0 bridgehead atoms. The lowest BCUT2D eigenvalue weighted by Gasteiger charge is -2.10. The molecular formula is C19H22N2O4. The molecule has 0 spiro atoms.